The van der Waals surface area contributed by atoms with Crippen molar-refractivity contribution in [1.82, 2.24) is 10.3 Å². The molecular weight excluding hydrogens is 309 g/mol. The van der Waals surface area contributed by atoms with Gasteiger partial charge in [0.15, 0.2) is 0 Å². The number of ether oxygens (including phenoxy) is 1. The Labute approximate surface area is 123 Å². The van der Waals surface area contributed by atoms with Crippen LogP contribution in [0.4, 0.5) is 13.2 Å². The molecule has 9 heteroatoms. The van der Waals surface area contributed by atoms with E-state index in [1.807, 2.05) is 0 Å². The summed E-state index contributed by atoms with van der Waals surface area (Å²) in [4.78, 5) is 26.8. The minimum Gasteiger partial charge on any atom is -0.461 e. The molecule has 1 heterocycles. The second-order valence-electron chi connectivity index (χ2n) is 4.09. The van der Waals surface area contributed by atoms with Gasteiger partial charge in [-0.25, -0.2) is 9.78 Å². The maximum Gasteiger partial charge on any atom is 0.389 e. The molecule has 21 heavy (non-hydrogen) atoms. The molecule has 1 aromatic rings. The van der Waals surface area contributed by atoms with Crippen LogP contribution in [0, 0.1) is 0 Å². The number of esters is 1. The normalized spacial score (nSPS) is 11.2. The first-order chi connectivity index (χ1) is 9.83. The van der Waals surface area contributed by atoms with Crippen LogP contribution in [0.2, 0.25) is 0 Å². The lowest BCUT2D eigenvalue weighted by Crippen LogP contribution is -2.25. The molecule has 1 amide bonds. The number of carbonyl (C=O) groups excluding carboxylic acids is 2. The Hall–Kier alpha value is -1.64. The van der Waals surface area contributed by atoms with Crippen LogP contribution in [0.25, 0.3) is 0 Å². The lowest BCUT2D eigenvalue weighted by molar-refractivity contribution is -0.135. The van der Waals surface area contributed by atoms with Crippen molar-refractivity contribution >= 4 is 23.2 Å². The van der Waals surface area contributed by atoms with Crippen molar-refractivity contribution in [2.45, 2.75) is 32.4 Å². The van der Waals surface area contributed by atoms with Crippen molar-refractivity contribution in [2.24, 2.45) is 0 Å². The number of thiazole rings is 1. The van der Waals surface area contributed by atoms with Crippen molar-refractivity contribution in [3.05, 3.63) is 16.1 Å². The van der Waals surface area contributed by atoms with Gasteiger partial charge in [-0.15, -0.1) is 11.3 Å². The van der Waals surface area contributed by atoms with Crippen molar-refractivity contribution in [1.29, 1.82) is 0 Å². The number of aromatic nitrogens is 1. The highest BCUT2D eigenvalue weighted by Gasteiger charge is 2.25. The molecule has 1 aromatic heterocycles. The lowest BCUT2D eigenvalue weighted by Gasteiger charge is -2.06. The van der Waals surface area contributed by atoms with Crippen LogP contribution in [-0.2, 0) is 4.74 Å². The van der Waals surface area contributed by atoms with E-state index in [9.17, 15) is 22.8 Å². The minimum atomic E-state index is -4.17. The summed E-state index contributed by atoms with van der Waals surface area (Å²) >= 11 is 0.978. The van der Waals surface area contributed by atoms with Crippen LogP contribution in [0.3, 0.4) is 0 Å². The van der Waals surface area contributed by atoms with Crippen LogP contribution in [0.1, 0.15) is 46.5 Å². The van der Waals surface area contributed by atoms with Crippen molar-refractivity contribution in [3.63, 3.8) is 0 Å². The average molecular weight is 324 g/mol. The van der Waals surface area contributed by atoms with Crippen LogP contribution >= 0.6 is 11.3 Å². The third-order valence-electron chi connectivity index (χ3n) is 2.36. The zero-order valence-electron chi connectivity index (χ0n) is 11.3. The van der Waals surface area contributed by atoms with E-state index in [2.05, 4.69) is 10.3 Å². The van der Waals surface area contributed by atoms with Gasteiger partial charge in [0.25, 0.3) is 5.91 Å². The number of unbranched alkanes of at least 4 members (excludes halogenated alkanes) is 1. The highest BCUT2D eigenvalue weighted by atomic mass is 32.1. The largest absolute Gasteiger partial charge is 0.461 e. The van der Waals surface area contributed by atoms with Gasteiger partial charge in [-0.1, -0.05) is 0 Å². The van der Waals surface area contributed by atoms with Crippen molar-refractivity contribution in [2.75, 3.05) is 13.2 Å². The fourth-order valence-electron chi connectivity index (χ4n) is 1.41. The van der Waals surface area contributed by atoms with Gasteiger partial charge < -0.3 is 10.1 Å². The van der Waals surface area contributed by atoms with Gasteiger partial charge in [-0.3, -0.25) is 4.79 Å². The molecule has 0 aromatic carbocycles. The topological polar surface area (TPSA) is 68.3 Å². The Kier molecular flexibility index (Phi) is 6.60. The van der Waals surface area contributed by atoms with Gasteiger partial charge in [0, 0.05) is 18.3 Å². The SMILES string of the molecule is CCOC(=O)c1nc(C(=O)NCCCCC(F)(F)F)cs1. The Bertz CT molecular complexity index is 488. The number of nitrogens with one attached hydrogen (secondary N) is 1. The lowest BCUT2D eigenvalue weighted by atomic mass is 10.2. The summed E-state index contributed by atoms with van der Waals surface area (Å²) in [6.45, 7) is 1.99. The zero-order chi connectivity index (χ0) is 15.9. The summed E-state index contributed by atoms with van der Waals surface area (Å²) in [7, 11) is 0. The van der Waals surface area contributed by atoms with E-state index in [1.165, 1.54) is 5.38 Å². The van der Waals surface area contributed by atoms with Gasteiger partial charge >= 0.3 is 12.1 Å². The highest BCUT2D eigenvalue weighted by Crippen LogP contribution is 2.21. The number of halogens is 3. The molecule has 0 aliphatic rings. The molecule has 0 bridgehead atoms. The monoisotopic (exact) mass is 324 g/mol. The standard InChI is InChI=1S/C12H15F3N2O3S/c1-2-20-11(19)10-17-8(7-21-10)9(18)16-6-4-3-5-12(13,14)15/h7H,2-6H2,1H3,(H,16,18). The predicted octanol–water partition coefficient (Wildman–Crippen LogP) is 2.78. The molecule has 0 spiro atoms. The minimum absolute atomic E-state index is 0.0467. The second kappa shape index (κ2) is 7.96. The highest BCUT2D eigenvalue weighted by molar-refractivity contribution is 7.11. The second-order valence-corrected chi connectivity index (χ2v) is 4.94. The van der Waals surface area contributed by atoms with Crippen molar-refractivity contribution in [3.8, 4) is 0 Å². The molecule has 0 saturated carbocycles. The van der Waals surface area contributed by atoms with Crippen LogP contribution < -0.4 is 5.32 Å². The number of nitrogens with zero attached hydrogens (tertiary/aromatic N) is 1. The van der Waals surface area contributed by atoms with Crippen LogP contribution in [0.5, 0.6) is 0 Å². The molecule has 118 valence electrons. The summed E-state index contributed by atoms with van der Waals surface area (Å²) in [5.41, 5.74) is 0.0545. The summed E-state index contributed by atoms with van der Waals surface area (Å²) < 4.78 is 40.5. The molecule has 0 aliphatic heterocycles. The molecule has 0 atom stereocenters. The Balaban J connectivity index is 2.34. The van der Waals surface area contributed by atoms with Gasteiger partial charge in [-0.05, 0) is 19.8 Å². The molecule has 0 radical (unpaired) electrons. The van der Waals surface area contributed by atoms with E-state index in [0.717, 1.165) is 11.3 Å². The van der Waals surface area contributed by atoms with E-state index in [0.29, 0.717) is 0 Å². The number of hydrogen-bond donors (Lipinski definition) is 1. The molecule has 1 rings (SSSR count). The summed E-state index contributed by atoms with van der Waals surface area (Å²) in [6, 6.07) is 0. The zero-order valence-corrected chi connectivity index (χ0v) is 12.1. The van der Waals surface area contributed by atoms with Crippen LogP contribution in [-0.4, -0.2) is 36.2 Å². The first-order valence-electron chi connectivity index (χ1n) is 6.31. The molecule has 0 saturated heterocycles. The average Bonchev–Trinajstić information content (AvgIpc) is 2.86. The smallest absolute Gasteiger partial charge is 0.389 e. The van der Waals surface area contributed by atoms with Gasteiger partial charge in [0.1, 0.15) is 5.69 Å². The van der Waals surface area contributed by atoms with E-state index in [4.69, 9.17) is 4.74 Å². The fraction of sp³-hybridized carbons (Fsp3) is 0.583. The summed E-state index contributed by atoms with van der Waals surface area (Å²) in [6.07, 6.45) is -4.87. The Morgan fingerprint density at radius 1 is 1.38 bits per heavy atom. The van der Waals surface area contributed by atoms with E-state index < -0.39 is 24.5 Å². The molecule has 1 N–H and O–H groups in total. The van der Waals surface area contributed by atoms with E-state index >= 15 is 0 Å². The Morgan fingerprint density at radius 2 is 2.10 bits per heavy atom. The Morgan fingerprint density at radius 3 is 2.71 bits per heavy atom. The maximum absolute atomic E-state index is 11.9. The van der Waals surface area contributed by atoms with Crippen LogP contribution in [0.15, 0.2) is 5.38 Å². The van der Waals surface area contributed by atoms with Gasteiger partial charge in [0.2, 0.25) is 5.01 Å². The van der Waals surface area contributed by atoms with E-state index in [1.54, 1.807) is 6.92 Å². The summed E-state index contributed by atoms with van der Waals surface area (Å²) in [5.74, 6) is -1.12. The number of carbonyl (C=O) groups is 2. The van der Waals surface area contributed by atoms with Gasteiger partial charge in [0.05, 0.1) is 6.61 Å². The van der Waals surface area contributed by atoms with E-state index in [-0.39, 0.29) is 36.7 Å². The number of amides is 1. The molecular formula is C12H15F3N2O3S. The fourth-order valence-corrected chi connectivity index (χ4v) is 2.10. The molecule has 0 aliphatic carbocycles. The molecule has 0 unspecified atom stereocenters. The quantitative estimate of drug-likeness (QED) is 0.618. The number of alkyl halides is 3. The third kappa shape index (κ3) is 6.56. The maximum atomic E-state index is 11.9. The molecule has 5 nitrogen and oxygen atoms in total. The summed E-state index contributed by atoms with van der Waals surface area (Å²) in [5, 5.41) is 3.92. The third-order valence-corrected chi connectivity index (χ3v) is 3.18. The first-order valence-corrected chi connectivity index (χ1v) is 7.19. The van der Waals surface area contributed by atoms with Crippen molar-refractivity contribution < 1.29 is 27.5 Å². The predicted molar refractivity (Wildman–Crippen MR) is 70.3 cm³/mol. The van der Waals surface area contributed by atoms with Gasteiger partial charge in [-0.2, -0.15) is 13.2 Å². The number of hydrogen-bond acceptors (Lipinski definition) is 5. The molecule has 0 fully saturated rings. The first kappa shape index (κ1) is 17.4. The number of rotatable bonds is 7.